The van der Waals surface area contributed by atoms with Crippen LogP contribution >= 0.6 is 11.6 Å². The number of aromatic nitrogens is 4. The van der Waals surface area contributed by atoms with E-state index in [4.69, 9.17) is 21.1 Å². The average Bonchev–Trinajstić information content (AvgIpc) is 3.33. The second kappa shape index (κ2) is 8.60. The van der Waals surface area contributed by atoms with Crippen LogP contribution in [0.15, 0.2) is 42.5 Å². The highest BCUT2D eigenvalue weighted by molar-refractivity contribution is 6.32. The molecular formula is C23H23ClN6O4. The van der Waals surface area contributed by atoms with Crippen LogP contribution in [0.25, 0.3) is 5.69 Å². The minimum atomic E-state index is -0.652. The van der Waals surface area contributed by atoms with E-state index in [0.717, 1.165) is 0 Å². The van der Waals surface area contributed by atoms with E-state index >= 15 is 0 Å². The molecule has 11 heteroatoms. The maximum absolute atomic E-state index is 13.3. The molecule has 2 aromatic carbocycles. The second-order valence-corrected chi connectivity index (χ2v) is 9.12. The van der Waals surface area contributed by atoms with E-state index in [1.165, 1.54) is 4.80 Å². The van der Waals surface area contributed by atoms with Crippen LogP contribution in [-0.2, 0) is 0 Å². The van der Waals surface area contributed by atoms with Crippen molar-refractivity contribution in [3.05, 3.63) is 58.9 Å². The highest BCUT2D eigenvalue weighted by Gasteiger charge is 2.40. The quantitative estimate of drug-likeness (QED) is 0.565. The summed E-state index contributed by atoms with van der Waals surface area (Å²) in [5, 5.41) is 12.6. The van der Waals surface area contributed by atoms with Gasteiger partial charge >= 0.3 is 0 Å². The molecule has 3 aromatic rings. The first kappa shape index (κ1) is 22.1. The summed E-state index contributed by atoms with van der Waals surface area (Å²) in [7, 11) is 0. The number of piperazine rings is 1. The standard InChI is InChI=1S/C23H23ClN6O4/c1-23(2)14-28(21(31)15-12-17(24)19-18(13-15)33-10-11-34-19)8-9-29(23)22(32)20-25-27-30(26-20)16-6-4-3-5-7-16/h3-7,12-13H,8-11,14H2,1-2H3. The Labute approximate surface area is 201 Å². The number of benzene rings is 2. The van der Waals surface area contributed by atoms with Crippen LogP contribution in [0.5, 0.6) is 11.5 Å². The molecule has 2 aliphatic heterocycles. The van der Waals surface area contributed by atoms with Crippen molar-refractivity contribution in [2.24, 2.45) is 0 Å². The smallest absolute Gasteiger partial charge is 0.296 e. The third-order valence-electron chi connectivity index (χ3n) is 5.87. The Hall–Kier alpha value is -3.66. The lowest BCUT2D eigenvalue weighted by Gasteiger charge is -2.46. The van der Waals surface area contributed by atoms with E-state index in [2.05, 4.69) is 15.4 Å². The van der Waals surface area contributed by atoms with E-state index in [-0.39, 0.29) is 17.6 Å². The number of para-hydroxylation sites is 1. The normalized spacial score (nSPS) is 16.9. The molecule has 2 amide bonds. The lowest BCUT2D eigenvalue weighted by Crippen LogP contribution is -2.62. The molecule has 0 radical (unpaired) electrons. The van der Waals surface area contributed by atoms with Gasteiger partial charge in [-0.1, -0.05) is 29.8 Å². The zero-order chi connectivity index (χ0) is 23.9. The van der Waals surface area contributed by atoms with E-state index in [1.54, 1.807) is 21.9 Å². The van der Waals surface area contributed by atoms with Gasteiger partial charge in [-0.25, -0.2) is 0 Å². The molecule has 5 rings (SSSR count). The number of amides is 2. The van der Waals surface area contributed by atoms with E-state index in [1.807, 2.05) is 44.2 Å². The summed E-state index contributed by atoms with van der Waals surface area (Å²) in [6.07, 6.45) is 0. The number of hydrogen-bond acceptors (Lipinski definition) is 7. The molecule has 0 unspecified atom stereocenters. The lowest BCUT2D eigenvalue weighted by molar-refractivity contribution is 0.0160. The largest absolute Gasteiger partial charge is 0.486 e. The van der Waals surface area contributed by atoms with Gasteiger partial charge in [-0.05, 0) is 43.3 Å². The monoisotopic (exact) mass is 482 g/mol. The molecule has 1 fully saturated rings. The molecular weight excluding hydrogens is 460 g/mol. The summed E-state index contributed by atoms with van der Waals surface area (Å²) >= 11 is 6.31. The highest BCUT2D eigenvalue weighted by Crippen LogP contribution is 2.39. The fraction of sp³-hybridized carbons (Fsp3) is 0.348. The fourth-order valence-electron chi connectivity index (χ4n) is 4.21. The number of hydrogen-bond donors (Lipinski definition) is 0. The first-order valence-corrected chi connectivity index (χ1v) is 11.3. The van der Waals surface area contributed by atoms with Crippen molar-refractivity contribution < 1.29 is 19.1 Å². The molecule has 176 valence electrons. The number of carbonyl (C=O) groups is 2. The minimum absolute atomic E-state index is 0.00956. The van der Waals surface area contributed by atoms with Gasteiger partial charge in [-0.2, -0.15) is 0 Å². The molecule has 0 saturated carbocycles. The van der Waals surface area contributed by atoms with Crippen molar-refractivity contribution >= 4 is 23.4 Å². The van der Waals surface area contributed by atoms with E-state index in [9.17, 15) is 9.59 Å². The van der Waals surface area contributed by atoms with Crippen LogP contribution in [0.2, 0.25) is 5.02 Å². The first-order chi connectivity index (χ1) is 16.3. The Kier molecular flexibility index (Phi) is 5.60. The summed E-state index contributed by atoms with van der Waals surface area (Å²) in [4.78, 5) is 31.2. The highest BCUT2D eigenvalue weighted by atomic mass is 35.5. The van der Waals surface area contributed by atoms with E-state index in [0.29, 0.717) is 60.6 Å². The van der Waals surface area contributed by atoms with Crippen LogP contribution in [0.1, 0.15) is 34.8 Å². The third kappa shape index (κ3) is 4.05. The van der Waals surface area contributed by atoms with Crippen LogP contribution in [-0.4, -0.2) is 80.2 Å². The maximum Gasteiger partial charge on any atom is 0.296 e. The van der Waals surface area contributed by atoms with Crippen molar-refractivity contribution in [3.8, 4) is 17.2 Å². The number of nitrogens with zero attached hydrogens (tertiary/aromatic N) is 6. The number of fused-ring (bicyclic) bond motifs is 1. The molecule has 3 heterocycles. The molecule has 0 bridgehead atoms. The van der Waals surface area contributed by atoms with Gasteiger partial charge in [-0.3, -0.25) is 9.59 Å². The number of tetrazole rings is 1. The second-order valence-electron chi connectivity index (χ2n) is 8.72. The van der Waals surface area contributed by atoms with Gasteiger partial charge < -0.3 is 19.3 Å². The van der Waals surface area contributed by atoms with Gasteiger partial charge in [0.05, 0.1) is 16.2 Å². The van der Waals surface area contributed by atoms with Gasteiger partial charge in [0.15, 0.2) is 11.5 Å². The number of rotatable bonds is 3. The first-order valence-electron chi connectivity index (χ1n) is 10.9. The summed E-state index contributed by atoms with van der Waals surface area (Å²) in [5.41, 5.74) is 0.472. The molecule has 0 spiro atoms. The molecule has 34 heavy (non-hydrogen) atoms. The summed E-state index contributed by atoms with van der Waals surface area (Å²) in [6.45, 7) is 5.64. The topological polar surface area (TPSA) is 103 Å². The molecule has 1 saturated heterocycles. The number of ether oxygens (including phenoxy) is 2. The Bertz CT molecular complexity index is 1250. The van der Waals surface area contributed by atoms with Gasteiger partial charge in [0.1, 0.15) is 13.2 Å². The average molecular weight is 483 g/mol. The van der Waals surface area contributed by atoms with Gasteiger partial charge in [0.25, 0.3) is 17.6 Å². The van der Waals surface area contributed by atoms with Crippen LogP contribution in [0.4, 0.5) is 0 Å². The van der Waals surface area contributed by atoms with Crippen molar-refractivity contribution in [1.29, 1.82) is 0 Å². The van der Waals surface area contributed by atoms with Crippen molar-refractivity contribution in [1.82, 2.24) is 30.0 Å². The van der Waals surface area contributed by atoms with Crippen molar-refractivity contribution in [2.45, 2.75) is 19.4 Å². The fourth-order valence-corrected chi connectivity index (χ4v) is 4.48. The summed E-state index contributed by atoms with van der Waals surface area (Å²) in [5.74, 6) is 0.406. The number of halogens is 1. The lowest BCUT2D eigenvalue weighted by atomic mass is 9.97. The molecule has 0 atom stereocenters. The molecule has 0 aliphatic carbocycles. The van der Waals surface area contributed by atoms with Crippen LogP contribution in [0.3, 0.4) is 0 Å². The zero-order valence-electron chi connectivity index (χ0n) is 18.8. The van der Waals surface area contributed by atoms with Crippen molar-refractivity contribution in [3.63, 3.8) is 0 Å². The summed E-state index contributed by atoms with van der Waals surface area (Å²) in [6, 6.07) is 12.5. The Morgan fingerprint density at radius 3 is 2.56 bits per heavy atom. The van der Waals surface area contributed by atoms with Gasteiger partial charge in [0, 0.05) is 25.2 Å². The third-order valence-corrected chi connectivity index (χ3v) is 6.15. The van der Waals surface area contributed by atoms with Gasteiger partial charge in [0.2, 0.25) is 0 Å². The molecule has 2 aliphatic rings. The Morgan fingerprint density at radius 2 is 1.79 bits per heavy atom. The predicted molar refractivity (Wildman–Crippen MR) is 123 cm³/mol. The SMILES string of the molecule is CC1(C)CN(C(=O)c2cc(Cl)c3c(c2)OCCO3)CCN1C(=O)c1nnn(-c2ccccc2)n1. The molecule has 1 aromatic heterocycles. The molecule has 10 nitrogen and oxygen atoms in total. The maximum atomic E-state index is 13.3. The van der Waals surface area contributed by atoms with E-state index < -0.39 is 5.54 Å². The number of carbonyl (C=O) groups excluding carboxylic acids is 2. The minimum Gasteiger partial charge on any atom is -0.486 e. The summed E-state index contributed by atoms with van der Waals surface area (Å²) < 4.78 is 11.1. The molecule has 0 N–H and O–H groups in total. The predicted octanol–water partition coefficient (Wildman–Crippen LogP) is 2.46. The van der Waals surface area contributed by atoms with Crippen LogP contribution < -0.4 is 9.47 Å². The van der Waals surface area contributed by atoms with Gasteiger partial charge in [-0.15, -0.1) is 15.0 Å². The van der Waals surface area contributed by atoms with Crippen molar-refractivity contribution in [2.75, 3.05) is 32.8 Å². The Balaban J connectivity index is 1.31. The zero-order valence-corrected chi connectivity index (χ0v) is 19.5. The van der Waals surface area contributed by atoms with Crippen LogP contribution in [0, 0.1) is 0 Å². The Morgan fingerprint density at radius 1 is 1.03 bits per heavy atom.